The summed E-state index contributed by atoms with van der Waals surface area (Å²) in [5, 5.41) is 10.2. The number of nitrogens with zero attached hydrogens (tertiary/aromatic N) is 2. The van der Waals surface area contributed by atoms with Crippen LogP contribution in [0.3, 0.4) is 0 Å². The van der Waals surface area contributed by atoms with Crippen molar-refractivity contribution in [1.82, 2.24) is 9.80 Å². The molecule has 3 unspecified atom stereocenters. The van der Waals surface area contributed by atoms with Crippen molar-refractivity contribution in [3.63, 3.8) is 0 Å². The summed E-state index contributed by atoms with van der Waals surface area (Å²) < 4.78 is 5.61. The molecule has 0 aromatic heterocycles. The van der Waals surface area contributed by atoms with Gasteiger partial charge in [0.2, 0.25) is 5.91 Å². The highest BCUT2D eigenvalue weighted by atomic mass is 16.5. The number of aliphatic hydroxyl groups excluding tert-OH is 1. The summed E-state index contributed by atoms with van der Waals surface area (Å²) in [5.74, 6) is 1.15. The van der Waals surface area contributed by atoms with Gasteiger partial charge in [-0.15, -0.1) is 0 Å². The number of benzene rings is 1. The van der Waals surface area contributed by atoms with Crippen LogP contribution in [0.5, 0.6) is 5.75 Å². The maximum absolute atomic E-state index is 12.7. The fourth-order valence-corrected chi connectivity index (χ4v) is 3.92. The molecule has 2 fully saturated rings. The number of hydrogen-bond acceptors (Lipinski definition) is 5. The lowest BCUT2D eigenvalue weighted by molar-refractivity contribution is -0.138. The topological polar surface area (TPSA) is 79.0 Å². The first-order valence-electron chi connectivity index (χ1n) is 9.74. The fourth-order valence-electron chi connectivity index (χ4n) is 3.92. The number of β-amino-alcohol motifs (C(OH)–C–C–N with tert-alkyl or cyclic N) is 1. The molecule has 6 heteroatoms. The minimum Gasteiger partial charge on any atom is -0.491 e. The standard InChI is InChI=1S/C20H31N3O3/c21-17-6-4-5-16(13-17)20(25)23-11-9-22(10-12-23)14-18(24)15-26-19-7-2-1-3-8-19/h1-3,7-8,16-18,24H,4-6,9-15,21H2. The van der Waals surface area contributed by atoms with Gasteiger partial charge in [-0.05, 0) is 31.4 Å². The molecular formula is C20H31N3O3. The van der Waals surface area contributed by atoms with Gasteiger partial charge in [-0.3, -0.25) is 9.69 Å². The lowest BCUT2D eigenvalue weighted by Crippen LogP contribution is -2.52. The molecule has 6 nitrogen and oxygen atoms in total. The van der Waals surface area contributed by atoms with Crippen molar-refractivity contribution in [2.24, 2.45) is 11.7 Å². The first-order valence-corrected chi connectivity index (χ1v) is 9.74. The van der Waals surface area contributed by atoms with Gasteiger partial charge in [-0.2, -0.15) is 0 Å². The summed E-state index contributed by atoms with van der Waals surface area (Å²) in [6.07, 6.45) is 3.37. The van der Waals surface area contributed by atoms with Crippen LogP contribution in [0.1, 0.15) is 25.7 Å². The van der Waals surface area contributed by atoms with Crippen molar-refractivity contribution < 1.29 is 14.6 Å². The molecule has 3 atom stereocenters. The van der Waals surface area contributed by atoms with Crippen LogP contribution in [0.15, 0.2) is 30.3 Å². The molecule has 0 spiro atoms. The normalized spacial score (nSPS) is 25.7. The molecule has 1 amide bonds. The van der Waals surface area contributed by atoms with Gasteiger partial charge in [0.25, 0.3) is 0 Å². The maximum Gasteiger partial charge on any atom is 0.225 e. The van der Waals surface area contributed by atoms with E-state index in [0.29, 0.717) is 6.54 Å². The molecule has 1 aromatic rings. The van der Waals surface area contributed by atoms with Crippen LogP contribution < -0.4 is 10.5 Å². The lowest BCUT2D eigenvalue weighted by Gasteiger charge is -2.38. The molecule has 0 radical (unpaired) electrons. The van der Waals surface area contributed by atoms with E-state index in [0.717, 1.165) is 57.6 Å². The summed E-state index contributed by atoms with van der Waals surface area (Å²) in [6, 6.07) is 9.71. The van der Waals surface area contributed by atoms with E-state index < -0.39 is 6.10 Å². The molecule has 2 aliphatic rings. The van der Waals surface area contributed by atoms with E-state index in [1.54, 1.807) is 0 Å². The van der Waals surface area contributed by atoms with Gasteiger partial charge in [0.05, 0.1) is 0 Å². The van der Waals surface area contributed by atoms with Gasteiger partial charge in [-0.1, -0.05) is 24.6 Å². The number of amides is 1. The van der Waals surface area contributed by atoms with Gasteiger partial charge in [0.1, 0.15) is 18.5 Å². The molecule has 1 aromatic carbocycles. The fraction of sp³-hybridized carbons (Fsp3) is 0.650. The molecule has 1 aliphatic heterocycles. The minimum atomic E-state index is -0.534. The van der Waals surface area contributed by atoms with Crippen LogP contribution in [0.4, 0.5) is 0 Å². The summed E-state index contributed by atoms with van der Waals surface area (Å²) in [6.45, 7) is 3.92. The molecular weight excluding hydrogens is 330 g/mol. The molecule has 3 rings (SSSR count). The first kappa shape index (κ1) is 19.1. The van der Waals surface area contributed by atoms with E-state index in [4.69, 9.17) is 10.5 Å². The number of ether oxygens (including phenoxy) is 1. The Balaban J connectivity index is 1.37. The molecule has 144 valence electrons. The maximum atomic E-state index is 12.7. The average Bonchev–Trinajstić information content (AvgIpc) is 2.67. The van der Waals surface area contributed by atoms with Crippen molar-refractivity contribution in [1.29, 1.82) is 0 Å². The predicted octanol–water partition coefficient (Wildman–Crippen LogP) is 1.09. The quantitative estimate of drug-likeness (QED) is 0.793. The van der Waals surface area contributed by atoms with Crippen LogP contribution in [0.2, 0.25) is 0 Å². The van der Waals surface area contributed by atoms with Crippen LogP contribution >= 0.6 is 0 Å². The van der Waals surface area contributed by atoms with Gasteiger partial charge in [0.15, 0.2) is 0 Å². The van der Waals surface area contributed by atoms with E-state index in [1.807, 2.05) is 35.2 Å². The predicted molar refractivity (Wildman–Crippen MR) is 101 cm³/mol. The second kappa shape index (κ2) is 9.35. The van der Waals surface area contributed by atoms with Crippen molar-refractivity contribution in [3.05, 3.63) is 30.3 Å². The number of carbonyl (C=O) groups is 1. The Hall–Kier alpha value is -1.63. The Bertz CT molecular complexity index is 561. The van der Waals surface area contributed by atoms with Gasteiger partial charge in [-0.25, -0.2) is 0 Å². The van der Waals surface area contributed by atoms with E-state index in [-0.39, 0.29) is 24.5 Å². The van der Waals surface area contributed by atoms with Crippen molar-refractivity contribution in [2.45, 2.75) is 37.8 Å². The van der Waals surface area contributed by atoms with Crippen molar-refractivity contribution >= 4 is 5.91 Å². The molecule has 1 saturated heterocycles. The van der Waals surface area contributed by atoms with Crippen LogP contribution in [-0.4, -0.2) is 72.3 Å². The molecule has 3 N–H and O–H groups in total. The van der Waals surface area contributed by atoms with Gasteiger partial charge < -0.3 is 20.5 Å². The zero-order chi connectivity index (χ0) is 18.4. The minimum absolute atomic E-state index is 0.107. The van der Waals surface area contributed by atoms with Crippen LogP contribution in [0, 0.1) is 5.92 Å². The highest BCUT2D eigenvalue weighted by Crippen LogP contribution is 2.25. The third-order valence-corrected chi connectivity index (χ3v) is 5.40. The zero-order valence-corrected chi connectivity index (χ0v) is 15.4. The second-order valence-corrected chi connectivity index (χ2v) is 7.53. The Morgan fingerprint density at radius 3 is 2.62 bits per heavy atom. The highest BCUT2D eigenvalue weighted by Gasteiger charge is 2.31. The molecule has 26 heavy (non-hydrogen) atoms. The van der Waals surface area contributed by atoms with E-state index in [1.165, 1.54) is 0 Å². The number of piperazine rings is 1. The molecule has 1 heterocycles. The largest absolute Gasteiger partial charge is 0.491 e. The summed E-state index contributed by atoms with van der Waals surface area (Å²) >= 11 is 0. The Morgan fingerprint density at radius 1 is 1.19 bits per heavy atom. The Morgan fingerprint density at radius 2 is 1.92 bits per heavy atom. The number of nitrogens with two attached hydrogens (primary N) is 1. The summed E-state index contributed by atoms with van der Waals surface area (Å²) in [4.78, 5) is 16.9. The second-order valence-electron chi connectivity index (χ2n) is 7.53. The van der Waals surface area contributed by atoms with Gasteiger partial charge >= 0.3 is 0 Å². The zero-order valence-electron chi connectivity index (χ0n) is 15.4. The number of aliphatic hydroxyl groups is 1. The average molecular weight is 361 g/mol. The third kappa shape index (κ3) is 5.43. The molecule has 1 saturated carbocycles. The van der Waals surface area contributed by atoms with E-state index >= 15 is 0 Å². The van der Waals surface area contributed by atoms with Gasteiger partial charge in [0, 0.05) is 44.7 Å². The summed E-state index contributed by atoms with van der Waals surface area (Å²) in [5.41, 5.74) is 6.02. The van der Waals surface area contributed by atoms with Crippen molar-refractivity contribution in [2.75, 3.05) is 39.3 Å². The first-order chi connectivity index (χ1) is 12.6. The van der Waals surface area contributed by atoms with E-state index in [9.17, 15) is 9.90 Å². The number of rotatable bonds is 6. The summed E-state index contributed by atoms with van der Waals surface area (Å²) in [7, 11) is 0. The van der Waals surface area contributed by atoms with Crippen LogP contribution in [0.25, 0.3) is 0 Å². The van der Waals surface area contributed by atoms with Crippen LogP contribution in [-0.2, 0) is 4.79 Å². The SMILES string of the molecule is NC1CCCC(C(=O)N2CCN(CC(O)COc3ccccc3)CC2)C1. The molecule has 0 bridgehead atoms. The van der Waals surface area contributed by atoms with Crippen molar-refractivity contribution in [3.8, 4) is 5.75 Å². The monoisotopic (exact) mass is 361 g/mol. The highest BCUT2D eigenvalue weighted by molar-refractivity contribution is 5.79. The Labute approximate surface area is 155 Å². The number of para-hydroxylation sites is 1. The number of hydrogen-bond donors (Lipinski definition) is 2. The molecule has 1 aliphatic carbocycles. The Kier molecular flexibility index (Phi) is 6.88. The number of carbonyl (C=O) groups excluding carboxylic acids is 1. The van der Waals surface area contributed by atoms with E-state index in [2.05, 4.69) is 4.90 Å². The third-order valence-electron chi connectivity index (χ3n) is 5.40. The lowest BCUT2D eigenvalue weighted by atomic mass is 9.85. The smallest absolute Gasteiger partial charge is 0.225 e.